The van der Waals surface area contributed by atoms with Crippen LogP contribution in [0.2, 0.25) is 0 Å². The maximum absolute atomic E-state index is 11.0. The zero-order valence-corrected chi connectivity index (χ0v) is 10.5. The molecule has 0 saturated heterocycles. The SMILES string of the molecule is CC(=O)/C=C/C=C/C(OC(C)=O)c1ccccc1. The van der Waals surface area contributed by atoms with Gasteiger partial charge in [0.15, 0.2) is 5.78 Å². The number of hydrogen-bond donors (Lipinski definition) is 0. The first-order valence-corrected chi connectivity index (χ1v) is 5.67. The van der Waals surface area contributed by atoms with Gasteiger partial charge < -0.3 is 4.74 Å². The Morgan fingerprint density at radius 3 is 2.33 bits per heavy atom. The van der Waals surface area contributed by atoms with Gasteiger partial charge in [-0.1, -0.05) is 42.5 Å². The van der Waals surface area contributed by atoms with E-state index in [1.54, 1.807) is 18.2 Å². The van der Waals surface area contributed by atoms with Gasteiger partial charge in [-0.2, -0.15) is 0 Å². The molecule has 0 spiro atoms. The second kappa shape index (κ2) is 7.22. The summed E-state index contributed by atoms with van der Waals surface area (Å²) in [5, 5.41) is 0. The summed E-state index contributed by atoms with van der Waals surface area (Å²) in [6.07, 6.45) is 6.08. The minimum absolute atomic E-state index is 0.0246. The highest BCUT2D eigenvalue weighted by Crippen LogP contribution is 2.18. The van der Waals surface area contributed by atoms with E-state index in [2.05, 4.69) is 0 Å². The maximum atomic E-state index is 11.0. The minimum atomic E-state index is -0.430. The van der Waals surface area contributed by atoms with Gasteiger partial charge >= 0.3 is 5.97 Å². The lowest BCUT2D eigenvalue weighted by molar-refractivity contribution is -0.144. The van der Waals surface area contributed by atoms with E-state index in [1.807, 2.05) is 30.3 Å². The monoisotopic (exact) mass is 244 g/mol. The van der Waals surface area contributed by atoms with Crippen molar-refractivity contribution in [3.63, 3.8) is 0 Å². The average molecular weight is 244 g/mol. The van der Waals surface area contributed by atoms with Crippen LogP contribution in [0.3, 0.4) is 0 Å². The van der Waals surface area contributed by atoms with Gasteiger partial charge in [0.2, 0.25) is 0 Å². The maximum Gasteiger partial charge on any atom is 0.303 e. The number of hydrogen-bond acceptors (Lipinski definition) is 3. The zero-order chi connectivity index (χ0) is 13.4. The van der Waals surface area contributed by atoms with Gasteiger partial charge in [-0.25, -0.2) is 0 Å². The third kappa shape index (κ3) is 5.25. The van der Waals surface area contributed by atoms with Crippen LogP contribution in [0.25, 0.3) is 0 Å². The van der Waals surface area contributed by atoms with Crippen molar-refractivity contribution in [1.29, 1.82) is 0 Å². The van der Waals surface area contributed by atoms with E-state index in [9.17, 15) is 9.59 Å². The van der Waals surface area contributed by atoms with E-state index in [0.29, 0.717) is 0 Å². The van der Waals surface area contributed by atoms with Gasteiger partial charge in [-0.15, -0.1) is 0 Å². The van der Waals surface area contributed by atoms with Crippen LogP contribution >= 0.6 is 0 Å². The molecule has 1 rings (SSSR count). The average Bonchev–Trinajstić information content (AvgIpc) is 2.33. The predicted octanol–water partition coefficient (Wildman–Crippen LogP) is 2.99. The number of allylic oxidation sites excluding steroid dienone is 3. The summed E-state index contributed by atoms with van der Waals surface area (Å²) in [6, 6.07) is 9.42. The summed E-state index contributed by atoms with van der Waals surface area (Å²) in [4.78, 5) is 21.8. The van der Waals surface area contributed by atoms with Crippen molar-refractivity contribution in [2.24, 2.45) is 0 Å². The van der Waals surface area contributed by atoms with Crippen LogP contribution in [-0.2, 0) is 14.3 Å². The Morgan fingerprint density at radius 1 is 1.11 bits per heavy atom. The Morgan fingerprint density at radius 2 is 1.78 bits per heavy atom. The number of carbonyl (C=O) groups is 2. The van der Waals surface area contributed by atoms with Crippen molar-refractivity contribution in [3.8, 4) is 0 Å². The number of esters is 1. The van der Waals surface area contributed by atoms with Gasteiger partial charge in [0.25, 0.3) is 0 Å². The Hall–Kier alpha value is -2.16. The molecule has 0 amide bonds. The second-order valence-corrected chi connectivity index (χ2v) is 3.80. The number of ketones is 1. The lowest BCUT2D eigenvalue weighted by Gasteiger charge is -2.12. The Labute approximate surface area is 107 Å². The summed E-state index contributed by atoms with van der Waals surface area (Å²) < 4.78 is 5.20. The molecule has 0 saturated carbocycles. The molecule has 3 heteroatoms. The molecule has 0 heterocycles. The first-order chi connectivity index (χ1) is 8.59. The van der Waals surface area contributed by atoms with Gasteiger partial charge in [0.05, 0.1) is 0 Å². The molecule has 0 aromatic heterocycles. The van der Waals surface area contributed by atoms with Gasteiger partial charge in [-0.3, -0.25) is 9.59 Å². The van der Waals surface area contributed by atoms with Gasteiger partial charge in [0.1, 0.15) is 6.10 Å². The summed E-state index contributed by atoms with van der Waals surface area (Å²) in [5.41, 5.74) is 0.889. The molecule has 0 aliphatic heterocycles. The Kier molecular flexibility index (Phi) is 5.58. The minimum Gasteiger partial charge on any atom is -0.453 e. The molecule has 1 aromatic carbocycles. The molecule has 3 nitrogen and oxygen atoms in total. The van der Waals surface area contributed by atoms with Crippen LogP contribution in [0.5, 0.6) is 0 Å². The Balaban J connectivity index is 2.80. The van der Waals surface area contributed by atoms with Crippen LogP contribution < -0.4 is 0 Å². The van der Waals surface area contributed by atoms with Crippen LogP contribution in [0.4, 0.5) is 0 Å². The molecular weight excluding hydrogens is 228 g/mol. The Bertz CT molecular complexity index is 458. The lowest BCUT2D eigenvalue weighted by Crippen LogP contribution is -2.05. The summed E-state index contributed by atoms with van der Waals surface area (Å²) in [7, 11) is 0. The summed E-state index contributed by atoms with van der Waals surface area (Å²) >= 11 is 0. The normalized spacial score (nSPS) is 12.8. The van der Waals surface area contributed by atoms with Gasteiger partial charge in [0, 0.05) is 6.92 Å². The van der Waals surface area contributed by atoms with E-state index >= 15 is 0 Å². The third-order valence-corrected chi connectivity index (χ3v) is 2.15. The molecule has 0 fully saturated rings. The first kappa shape index (κ1) is 13.9. The quantitative estimate of drug-likeness (QED) is 0.454. The fraction of sp³-hybridized carbons (Fsp3) is 0.200. The zero-order valence-electron chi connectivity index (χ0n) is 10.5. The van der Waals surface area contributed by atoms with E-state index in [-0.39, 0.29) is 11.8 Å². The van der Waals surface area contributed by atoms with Gasteiger partial charge in [-0.05, 0) is 24.6 Å². The number of carbonyl (C=O) groups excluding carboxylic acids is 2. The fourth-order valence-corrected chi connectivity index (χ4v) is 1.40. The molecule has 0 radical (unpaired) electrons. The molecule has 1 unspecified atom stereocenters. The fourth-order valence-electron chi connectivity index (χ4n) is 1.40. The smallest absolute Gasteiger partial charge is 0.303 e. The standard InChI is InChI=1S/C15H16O3/c1-12(16)8-6-7-11-15(18-13(2)17)14-9-4-3-5-10-14/h3-11,15H,1-2H3/b8-6+,11-7+. The van der Waals surface area contributed by atoms with Crippen LogP contribution in [0.15, 0.2) is 54.6 Å². The van der Waals surface area contributed by atoms with Crippen LogP contribution in [-0.4, -0.2) is 11.8 Å². The van der Waals surface area contributed by atoms with Crippen LogP contribution in [0, 0.1) is 0 Å². The molecule has 0 aliphatic rings. The van der Waals surface area contributed by atoms with E-state index in [0.717, 1.165) is 5.56 Å². The molecule has 0 N–H and O–H groups in total. The van der Waals surface area contributed by atoms with Crippen molar-refractivity contribution in [1.82, 2.24) is 0 Å². The van der Waals surface area contributed by atoms with Crippen molar-refractivity contribution >= 4 is 11.8 Å². The molecule has 1 aromatic rings. The topological polar surface area (TPSA) is 43.4 Å². The second-order valence-electron chi connectivity index (χ2n) is 3.80. The summed E-state index contributed by atoms with van der Waals surface area (Å²) in [5.74, 6) is -0.368. The van der Waals surface area contributed by atoms with E-state index in [4.69, 9.17) is 4.74 Å². The van der Waals surface area contributed by atoms with Crippen molar-refractivity contribution < 1.29 is 14.3 Å². The molecule has 18 heavy (non-hydrogen) atoms. The molecule has 1 atom stereocenters. The highest BCUT2D eigenvalue weighted by atomic mass is 16.5. The van der Waals surface area contributed by atoms with E-state index in [1.165, 1.54) is 19.9 Å². The largest absolute Gasteiger partial charge is 0.453 e. The molecule has 0 bridgehead atoms. The molecule has 94 valence electrons. The molecule has 0 aliphatic carbocycles. The number of benzene rings is 1. The van der Waals surface area contributed by atoms with Crippen molar-refractivity contribution in [2.45, 2.75) is 20.0 Å². The third-order valence-electron chi connectivity index (χ3n) is 2.15. The lowest BCUT2D eigenvalue weighted by atomic mass is 10.1. The van der Waals surface area contributed by atoms with Crippen molar-refractivity contribution in [3.05, 3.63) is 60.2 Å². The number of ether oxygens (including phenoxy) is 1. The predicted molar refractivity (Wildman–Crippen MR) is 69.9 cm³/mol. The van der Waals surface area contributed by atoms with Crippen LogP contribution in [0.1, 0.15) is 25.5 Å². The van der Waals surface area contributed by atoms with Crippen molar-refractivity contribution in [2.75, 3.05) is 0 Å². The first-order valence-electron chi connectivity index (χ1n) is 5.67. The number of rotatable bonds is 5. The van der Waals surface area contributed by atoms with E-state index < -0.39 is 6.10 Å². The highest BCUT2D eigenvalue weighted by molar-refractivity contribution is 5.87. The summed E-state index contributed by atoms with van der Waals surface area (Å²) in [6.45, 7) is 2.85. The highest BCUT2D eigenvalue weighted by Gasteiger charge is 2.09. The molecular formula is C15H16O3.